The van der Waals surface area contributed by atoms with Gasteiger partial charge in [0.2, 0.25) is 11.8 Å². The van der Waals surface area contributed by atoms with Crippen molar-refractivity contribution in [2.24, 2.45) is 0 Å². The predicted octanol–water partition coefficient (Wildman–Crippen LogP) is 2.41. The van der Waals surface area contributed by atoms with Crippen LogP contribution in [0.5, 0.6) is 0 Å². The third-order valence-electron chi connectivity index (χ3n) is 5.58. The minimum atomic E-state index is -0.0156. The molecule has 1 aliphatic heterocycles. The molecule has 0 spiro atoms. The molecule has 30 heavy (non-hydrogen) atoms. The summed E-state index contributed by atoms with van der Waals surface area (Å²) < 4.78 is 7.04. The van der Waals surface area contributed by atoms with Gasteiger partial charge in [-0.15, -0.1) is 0 Å². The van der Waals surface area contributed by atoms with E-state index in [-0.39, 0.29) is 23.8 Å². The van der Waals surface area contributed by atoms with Gasteiger partial charge in [0.15, 0.2) is 5.82 Å². The molecule has 164 valence electrons. The summed E-state index contributed by atoms with van der Waals surface area (Å²) in [5, 5.41) is 8.41. The van der Waals surface area contributed by atoms with Crippen LogP contribution in [0, 0.1) is 6.92 Å². The van der Waals surface area contributed by atoms with E-state index in [9.17, 15) is 9.59 Å². The van der Waals surface area contributed by atoms with Gasteiger partial charge in [-0.25, -0.2) is 0 Å². The highest BCUT2D eigenvalue weighted by molar-refractivity contribution is 5.95. The first-order chi connectivity index (χ1) is 14.3. The fourth-order valence-corrected chi connectivity index (χ4v) is 3.87. The van der Waals surface area contributed by atoms with E-state index in [1.807, 2.05) is 43.7 Å². The maximum Gasteiger partial charge on any atom is 0.257 e. The number of carbonyl (C=O) groups excluding carboxylic acids is 2. The van der Waals surface area contributed by atoms with Crippen molar-refractivity contribution in [3.63, 3.8) is 0 Å². The molecule has 9 nitrogen and oxygen atoms in total. The van der Waals surface area contributed by atoms with Gasteiger partial charge in [-0.3, -0.25) is 14.3 Å². The minimum Gasteiger partial charge on any atom is -0.339 e. The summed E-state index contributed by atoms with van der Waals surface area (Å²) in [6.45, 7) is 11.9. The molecule has 0 saturated carbocycles. The Morgan fingerprint density at radius 1 is 1.37 bits per heavy atom. The first-order valence-electron chi connectivity index (χ1n) is 10.7. The lowest BCUT2D eigenvalue weighted by Gasteiger charge is -2.39. The van der Waals surface area contributed by atoms with Crippen molar-refractivity contribution in [1.29, 1.82) is 0 Å². The molecular weight excluding hydrogens is 384 g/mol. The van der Waals surface area contributed by atoms with Crippen LogP contribution in [0.4, 0.5) is 0 Å². The van der Waals surface area contributed by atoms with E-state index in [1.165, 1.54) is 0 Å². The van der Waals surface area contributed by atoms with Gasteiger partial charge in [-0.2, -0.15) is 10.1 Å². The lowest BCUT2D eigenvalue weighted by atomic mass is 10.0. The molecular formula is C21H32N6O3. The molecule has 2 aromatic rings. The van der Waals surface area contributed by atoms with E-state index in [2.05, 4.69) is 15.2 Å². The van der Waals surface area contributed by atoms with Crippen LogP contribution in [0.25, 0.3) is 0 Å². The second kappa shape index (κ2) is 9.40. The van der Waals surface area contributed by atoms with E-state index in [4.69, 9.17) is 4.52 Å². The Balaban J connectivity index is 1.66. The monoisotopic (exact) mass is 416 g/mol. The van der Waals surface area contributed by atoms with Crippen molar-refractivity contribution in [3.8, 4) is 0 Å². The highest BCUT2D eigenvalue weighted by Crippen LogP contribution is 2.20. The Bertz CT molecular complexity index is 887. The molecule has 2 amide bonds. The maximum atomic E-state index is 13.1. The van der Waals surface area contributed by atoms with Crippen LogP contribution >= 0.6 is 0 Å². The van der Waals surface area contributed by atoms with Crippen LogP contribution < -0.4 is 0 Å². The van der Waals surface area contributed by atoms with Crippen molar-refractivity contribution in [2.45, 2.75) is 72.4 Å². The molecule has 0 radical (unpaired) electrons. The number of likely N-dealkylation sites (tertiary alicyclic amines) is 1. The number of hydrogen-bond acceptors (Lipinski definition) is 6. The van der Waals surface area contributed by atoms with E-state index < -0.39 is 0 Å². The van der Waals surface area contributed by atoms with Gasteiger partial charge in [0, 0.05) is 57.7 Å². The zero-order valence-corrected chi connectivity index (χ0v) is 18.6. The highest BCUT2D eigenvalue weighted by atomic mass is 16.5. The zero-order chi connectivity index (χ0) is 21.8. The van der Waals surface area contributed by atoms with Crippen molar-refractivity contribution in [2.75, 3.05) is 19.6 Å². The Morgan fingerprint density at radius 3 is 2.73 bits per heavy atom. The number of nitrogens with zero attached hydrogens (tertiary/aromatic N) is 6. The van der Waals surface area contributed by atoms with E-state index in [0.717, 1.165) is 25.1 Å². The van der Waals surface area contributed by atoms with Crippen LogP contribution in [-0.2, 0) is 17.8 Å². The molecule has 0 bridgehead atoms. The van der Waals surface area contributed by atoms with Gasteiger partial charge in [0.05, 0.1) is 11.3 Å². The maximum absolute atomic E-state index is 13.1. The van der Waals surface area contributed by atoms with Crippen LogP contribution in [0.3, 0.4) is 0 Å². The molecule has 1 aliphatic rings. The van der Waals surface area contributed by atoms with Gasteiger partial charge in [0.1, 0.15) is 0 Å². The average Bonchev–Trinajstić information content (AvgIpc) is 3.34. The first kappa shape index (κ1) is 22.0. The zero-order valence-electron chi connectivity index (χ0n) is 18.6. The molecule has 1 saturated heterocycles. The third-order valence-corrected chi connectivity index (χ3v) is 5.58. The van der Waals surface area contributed by atoms with Crippen LogP contribution in [0.15, 0.2) is 10.7 Å². The van der Waals surface area contributed by atoms with Gasteiger partial charge in [-0.05, 0) is 26.7 Å². The number of carbonyl (C=O) groups is 2. The normalized spacial score (nSPS) is 16.9. The second-order valence-electron chi connectivity index (χ2n) is 8.20. The van der Waals surface area contributed by atoms with Gasteiger partial charge in [0.25, 0.3) is 5.91 Å². The van der Waals surface area contributed by atoms with Crippen molar-refractivity contribution >= 4 is 11.8 Å². The van der Waals surface area contributed by atoms with E-state index in [0.29, 0.717) is 43.3 Å². The quantitative estimate of drug-likeness (QED) is 0.688. The predicted molar refractivity (Wildman–Crippen MR) is 111 cm³/mol. The van der Waals surface area contributed by atoms with Gasteiger partial charge in [-0.1, -0.05) is 19.0 Å². The third kappa shape index (κ3) is 4.88. The van der Waals surface area contributed by atoms with Gasteiger partial charge >= 0.3 is 0 Å². The summed E-state index contributed by atoms with van der Waals surface area (Å²) in [4.78, 5) is 33.5. The number of hydrogen-bond donors (Lipinski definition) is 0. The van der Waals surface area contributed by atoms with Crippen LogP contribution in [-0.4, -0.2) is 67.2 Å². The molecule has 1 atom stereocenters. The number of amides is 2. The molecule has 9 heteroatoms. The van der Waals surface area contributed by atoms with Crippen molar-refractivity contribution in [3.05, 3.63) is 29.2 Å². The van der Waals surface area contributed by atoms with E-state index in [1.54, 1.807) is 11.6 Å². The number of aryl methyl sites for hydroxylation is 2. The fraction of sp³-hybridized carbons (Fsp3) is 0.667. The van der Waals surface area contributed by atoms with Crippen LogP contribution in [0.2, 0.25) is 0 Å². The van der Waals surface area contributed by atoms with Gasteiger partial charge < -0.3 is 14.3 Å². The first-order valence-corrected chi connectivity index (χ1v) is 10.7. The lowest BCUT2D eigenvalue weighted by Crippen LogP contribution is -2.51. The van der Waals surface area contributed by atoms with E-state index >= 15 is 0 Å². The number of rotatable bonds is 7. The second-order valence-corrected chi connectivity index (χ2v) is 8.20. The summed E-state index contributed by atoms with van der Waals surface area (Å²) in [5.74, 6) is 1.37. The molecule has 0 aromatic carbocycles. The molecule has 1 fully saturated rings. The largest absolute Gasteiger partial charge is 0.339 e. The fourth-order valence-electron chi connectivity index (χ4n) is 3.87. The minimum absolute atomic E-state index is 0.00291. The molecule has 0 aliphatic carbocycles. The Morgan fingerprint density at radius 2 is 2.13 bits per heavy atom. The Labute approximate surface area is 177 Å². The number of aromatic nitrogens is 4. The topological polar surface area (TPSA) is 97.4 Å². The summed E-state index contributed by atoms with van der Waals surface area (Å²) in [6, 6.07) is -0.0156. The molecule has 0 N–H and O–H groups in total. The molecule has 3 rings (SSSR count). The smallest absolute Gasteiger partial charge is 0.257 e. The standard InChI is InChI=1S/C21H32N6O3/c1-6-26-13-18(15(4)23-26)21(29)25-10-7-8-17(12-25)27(16(5)28)11-9-19-22-20(14(2)3)30-24-19/h13-14,17H,6-12H2,1-5H3. The molecule has 2 aromatic heterocycles. The Hall–Kier alpha value is -2.71. The van der Waals surface area contributed by atoms with Crippen molar-refractivity contribution in [1.82, 2.24) is 29.7 Å². The molecule has 3 heterocycles. The SMILES string of the molecule is CCn1cc(C(=O)N2CCCC(N(CCc3noc(C(C)C)n3)C(C)=O)C2)c(C)n1. The average molecular weight is 417 g/mol. The summed E-state index contributed by atoms with van der Waals surface area (Å²) >= 11 is 0. The highest BCUT2D eigenvalue weighted by Gasteiger charge is 2.31. The summed E-state index contributed by atoms with van der Waals surface area (Å²) in [6.07, 6.45) is 4.08. The summed E-state index contributed by atoms with van der Waals surface area (Å²) in [7, 11) is 0. The lowest BCUT2D eigenvalue weighted by molar-refractivity contribution is -0.132. The Kier molecular flexibility index (Phi) is 6.89. The number of piperidine rings is 1. The van der Waals surface area contributed by atoms with Crippen molar-refractivity contribution < 1.29 is 14.1 Å². The molecule has 1 unspecified atom stereocenters. The van der Waals surface area contributed by atoms with Crippen LogP contribution in [0.1, 0.15) is 74.2 Å². The summed E-state index contributed by atoms with van der Waals surface area (Å²) in [5.41, 5.74) is 1.38.